The lowest BCUT2D eigenvalue weighted by molar-refractivity contribution is 0.0952. The van der Waals surface area contributed by atoms with Gasteiger partial charge in [-0.1, -0.05) is 23.8 Å². The van der Waals surface area contributed by atoms with Crippen LogP contribution in [0.3, 0.4) is 0 Å². The first-order valence-electron chi connectivity index (χ1n) is 6.25. The monoisotopic (exact) mass is 253 g/mol. The molecule has 1 N–H and O–H groups in total. The summed E-state index contributed by atoms with van der Waals surface area (Å²) in [6.07, 6.45) is 0. The van der Waals surface area contributed by atoms with E-state index in [1.165, 1.54) is 5.56 Å². The fourth-order valence-electron chi connectivity index (χ4n) is 2.48. The van der Waals surface area contributed by atoms with E-state index in [9.17, 15) is 4.79 Å². The van der Waals surface area contributed by atoms with E-state index in [4.69, 9.17) is 4.74 Å². The van der Waals surface area contributed by atoms with Crippen molar-refractivity contribution in [2.45, 2.75) is 13.5 Å². The highest BCUT2D eigenvalue weighted by molar-refractivity contribution is 6.02. The van der Waals surface area contributed by atoms with Crippen LogP contribution >= 0.6 is 0 Å². The minimum Gasteiger partial charge on any atom is -0.497 e. The zero-order valence-corrected chi connectivity index (χ0v) is 11.0. The Kier molecular flexibility index (Phi) is 2.75. The zero-order valence-electron chi connectivity index (χ0n) is 11.0. The molecule has 0 aliphatic carbocycles. The number of methoxy groups -OCH3 is 1. The molecule has 0 fully saturated rings. The summed E-state index contributed by atoms with van der Waals surface area (Å²) >= 11 is 0. The Morgan fingerprint density at radius 1 is 1.05 bits per heavy atom. The van der Waals surface area contributed by atoms with Crippen LogP contribution in [0.15, 0.2) is 36.4 Å². The van der Waals surface area contributed by atoms with Crippen molar-refractivity contribution in [3.63, 3.8) is 0 Å². The van der Waals surface area contributed by atoms with Crippen LogP contribution in [0.2, 0.25) is 0 Å². The van der Waals surface area contributed by atoms with E-state index in [1.54, 1.807) is 13.2 Å². The average molecular weight is 253 g/mol. The quantitative estimate of drug-likeness (QED) is 0.848. The summed E-state index contributed by atoms with van der Waals surface area (Å²) in [6, 6.07) is 11.9. The predicted octanol–water partition coefficient (Wildman–Crippen LogP) is 2.91. The Balaban J connectivity index is 2.25. The van der Waals surface area contributed by atoms with Gasteiger partial charge in [0, 0.05) is 6.54 Å². The maximum atomic E-state index is 12.2. The normalized spacial score (nSPS) is 13.1. The van der Waals surface area contributed by atoms with Gasteiger partial charge in [0.15, 0.2) is 0 Å². The first kappa shape index (κ1) is 11.8. The molecule has 0 saturated heterocycles. The molecule has 1 heterocycles. The molecule has 1 amide bonds. The molecule has 3 nitrogen and oxygen atoms in total. The molecule has 2 aromatic carbocycles. The lowest BCUT2D eigenvalue weighted by Crippen LogP contribution is -2.21. The minimum atomic E-state index is -0.0530. The van der Waals surface area contributed by atoms with E-state index in [2.05, 4.69) is 30.4 Å². The van der Waals surface area contributed by atoms with Crippen LogP contribution in [0, 0.1) is 6.92 Å². The molecule has 3 heteroatoms. The molecular weight excluding hydrogens is 238 g/mol. The highest BCUT2D eigenvalue weighted by Gasteiger charge is 2.20. The molecule has 0 unspecified atom stereocenters. The van der Waals surface area contributed by atoms with Crippen LogP contribution in [-0.4, -0.2) is 13.0 Å². The number of hydrogen-bond donors (Lipinski definition) is 1. The lowest BCUT2D eigenvalue weighted by Gasteiger charge is -2.10. The molecular formula is C16H15NO2. The topological polar surface area (TPSA) is 38.3 Å². The van der Waals surface area contributed by atoms with Gasteiger partial charge in [-0.25, -0.2) is 0 Å². The maximum Gasteiger partial charge on any atom is 0.252 e. The Morgan fingerprint density at radius 3 is 2.63 bits per heavy atom. The summed E-state index contributed by atoms with van der Waals surface area (Å²) in [6.45, 7) is 2.62. The maximum absolute atomic E-state index is 12.2. The first-order chi connectivity index (χ1) is 9.19. The zero-order chi connectivity index (χ0) is 13.4. The van der Waals surface area contributed by atoms with Crippen LogP contribution in [-0.2, 0) is 6.54 Å². The summed E-state index contributed by atoms with van der Waals surface area (Å²) in [7, 11) is 1.60. The molecule has 0 aromatic heterocycles. The van der Waals surface area contributed by atoms with Crippen molar-refractivity contribution in [2.75, 3.05) is 7.11 Å². The Morgan fingerprint density at radius 2 is 1.84 bits per heavy atom. The number of nitrogens with one attached hydrogen (secondary N) is 1. The average Bonchev–Trinajstić information content (AvgIpc) is 2.56. The number of amides is 1. The summed E-state index contributed by atoms with van der Waals surface area (Å²) < 4.78 is 5.20. The molecule has 0 bridgehead atoms. The van der Waals surface area contributed by atoms with Crippen molar-refractivity contribution < 1.29 is 9.53 Å². The first-order valence-corrected chi connectivity index (χ1v) is 6.25. The van der Waals surface area contributed by atoms with E-state index in [0.29, 0.717) is 17.9 Å². The van der Waals surface area contributed by atoms with E-state index >= 15 is 0 Å². The number of rotatable bonds is 1. The second-order valence-electron chi connectivity index (χ2n) is 4.75. The van der Waals surface area contributed by atoms with Gasteiger partial charge < -0.3 is 10.1 Å². The molecule has 0 saturated carbocycles. The van der Waals surface area contributed by atoms with E-state index in [-0.39, 0.29) is 5.91 Å². The fraction of sp³-hybridized carbons (Fsp3) is 0.188. The highest BCUT2D eigenvalue weighted by atomic mass is 16.5. The van der Waals surface area contributed by atoms with Gasteiger partial charge in [-0.2, -0.15) is 0 Å². The van der Waals surface area contributed by atoms with Gasteiger partial charge in [0.2, 0.25) is 0 Å². The van der Waals surface area contributed by atoms with Gasteiger partial charge >= 0.3 is 0 Å². The molecule has 2 aromatic rings. The Bertz CT molecular complexity index is 662. The largest absolute Gasteiger partial charge is 0.497 e. The van der Waals surface area contributed by atoms with Crippen molar-refractivity contribution in [1.82, 2.24) is 5.32 Å². The van der Waals surface area contributed by atoms with Gasteiger partial charge in [-0.05, 0) is 41.8 Å². The van der Waals surface area contributed by atoms with Crippen LogP contribution in [0.4, 0.5) is 0 Å². The van der Waals surface area contributed by atoms with Crippen molar-refractivity contribution in [3.8, 4) is 16.9 Å². The molecule has 96 valence electrons. The third-order valence-corrected chi connectivity index (χ3v) is 3.46. The van der Waals surface area contributed by atoms with Gasteiger partial charge in [0.25, 0.3) is 5.91 Å². The summed E-state index contributed by atoms with van der Waals surface area (Å²) in [5.41, 5.74) is 5.09. The predicted molar refractivity (Wildman–Crippen MR) is 74.3 cm³/mol. The lowest BCUT2D eigenvalue weighted by atomic mass is 9.95. The SMILES string of the molecule is COc1ccc2c(c1)C(=O)NCc1cc(C)ccc1-2. The van der Waals surface area contributed by atoms with Crippen molar-refractivity contribution in [1.29, 1.82) is 0 Å². The van der Waals surface area contributed by atoms with Crippen molar-refractivity contribution in [2.24, 2.45) is 0 Å². The Labute approximate surface area is 112 Å². The molecule has 0 spiro atoms. The molecule has 0 radical (unpaired) electrons. The van der Waals surface area contributed by atoms with Crippen LogP contribution in [0.5, 0.6) is 5.75 Å². The van der Waals surface area contributed by atoms with Crippen LogP contribution in [0.25, 0.3) is 11.1 Å². The second-order valence-corrected chi connectivity index (χ2v) is 4.75. The third-order valence-electron chi connectivity index (χ3n) is 3.46. The summed E-state index contributed by atoms with van der Waals surface area (Å²) in [4.78, 5) is 12.2. The number of ether oxygens (including phenoxy) is 1. The van der Waals surface area contributed by atoms with Crippen LogP contribution < -0.4 is 10.1 Å². The van der Waals surface area contributed by atoms with Gasteiger partial charge in [-0.3, -0.25) is 4.79 Å². The summed E-state index contributed by atoms with van der Waals surface area (Å²) in [5, 5.41) is 2.94. The minimum absolute atomic E-state index is 0.0530. The number of aryl methyl sites for hydroxylation is 1. The standard InChI is InChI=1S/C16H15NO2/c1-10-3-5-13-11(7-10)9-17-16(18)15-8-12(19-2)4-6-14(13)15/h3-8H,9H2,1-2H3,(H,17,18). The van der Waals surface area contributed by atoms with Gasteiger partial charge in [-0.15, -0.1) is 0 Å². The molecule has 3 rings (SSSR count). The van der Waals surface area contributed by atoms with Gasteiger partial charge in [0.05, 0.1) is 12.7 Å². The fourth-order valence-corrected chi connectivity index (χ4v) is 2.48. The summed E-state index contributed by atoms with van der Waals surface area (Å²) in [5.74, 6) is 0.646. The molecule has 1 aliphatic heterocycles. The second kappa shape index (κ2) is 4.43. The highest BCUT2D eigenvalue weighted by Crippen LogP contribution is 2.32. The third kappa shape index (κ3) is 1.97. The smallest absolute Gasteiger partial charge is 0.252 e. The Hall–Kier alpha value is -2.29. The molecule has 1 aliphatic rings. The van der Waals surface area contributed by atoms with Crippen molar-refractivity contribution in [3.05, 3.63) is 53.1 Å². The van der Waals surface area contributed by atoms with Crippen molar-refractivity contribution >= 4 is 5.91 Å². The molecule has 19 heavy (non-hydrogen) atoms. The number of carbonyl (C=O) groups excluding carboxylic acids is 1. The number of fused-ring (bicyclic) bond motifs is 3. The number of benzene rings is 2. The van der Waals surface area contributed by atoms with Gasteiger partial charge in [0.1, 0.15) is 5.75 Å². The van der Waals surface area contributed by atoms with E-state index in [1.807, 2.05) is 12.1 Å². The van der Waals surface area contributed by atoms with Crippen LogP contribution in [0.1, 0.15) is 21.5 Å². The number of hydrogen-bond acceptors (Lipinski definition) is 2. The molecule has 0 atom stereocenters. The van der Waals surface area contributed by atoms with E-state index in [0.717, 1.165) is 16.7 Å². The van der Waals surface area contributed by atoms with E-state index < -0.39 is 0 Å². The number of carbonyl (C=O) groups is 1.